The van der Waals surface area contributed by atoms with Gasteiger partial charge in [0.15, 0.2) is 5.78 Å². The van der Waals surface area contributed by atoms with Crippen molar-refractivity contribution in [2.75, 3.05) is 5.32 Å². The molecule has 3 aromatic rings. The summed E-state index contributed by atoms with van der Waals surface area (Å²) in [6, 6.07) is 19.1. The van der Waals surface area contributed by atoms with E-state index in [1.54, 1.807) is 17.5 Å². The van der Waals surface area contributed by atoms with Crippen LogP contribution in [-0.4, -0.2) is 11.7 Å². The molecule has 0 aliphatic heterocycles. The van der Waals surface area contributed by atoms with Crippen LogP contribution in [0.2, 0.25) is 5.02 Å². The minimum atomic E-state index is -0.352. The average Bonchev–Trinajstić information content (AvgIpc) is 3.02. The topological polar surface area (TPSA) is 46.2 Å². The highest BCUT2D eigenvalue weighted by molar-refractivity contribution is 7.12. The maximum Gasteiger partial charge on any atom is 0.232 e. The number of benzene rings is 2. The lowest BCUT2D eigenvalue weighted by molar-refractivity contribution is -0.115. The molecule has 0 radical (unpaired) electrons. The van der Waals surface area contributed by atoms with Crippen molar-refractivity contribution in [1.82, 2.24) is 0 Å². The van der Waals surface area contributed by atoms with Crippen LogP contribution in [0.5, 0.6) is 0 Å². The highest BCUT2D eigenvalue weighted by Gasteiger charge is 2.16. The Morgan fingerprint density at radius 1 is 0.958 bits per heavy atom. The summed E-state index contributed by atoms with van der Waals surface area (Å²) in [5, 5.41) is 4.89. The van der Waals surface area contributed by atoms with Gasteiger partial charge in [0, 0.05) is 5.69 Å². The Morgan fingerprint density at radius 3 is 2.42 bits per heavy atom. The number of rotatable bonds is 5. The van der Waals surface area contributed by atoms with Crippen LogP contribution in [-0.2, 0) is 4.79 Å². The summed E-state index contributed by atoms with van der Waals surface area (Å²) >= 11 is 7.17. The number of carbonyl (C=O) groups is 2. The molecule has 0 saturated heterocycles. The van der Waals surface area contributed by atoms with Crippen molar-refractivity contribution in [1.29, 1.82) is 0 Å². The Morgan fingerprint density at radius 2 is 1.71 bits per heavy atom. The summed E-state index contributed by atoms with van der Waals surface area (Å²) in [6.45, 7) is 0. The van der Waals surface area contributed by atoms with Crippen LogP contribution < -0.4 is 5.32 Å². The summed E-state index contributed by atoms with van der Waals surface area (Å²) in [4.78, 5) is 24.6. The summed E-state index contributed by atoms with van der Waals surface area (Å²) in [7, 11) is 0. The minimum absolute atomic E-state index is 0.226. The quantitative estimate of drug-likeness (QED) is 0.500. The van der Waals surface area contributed by atoms with Gasteiger partial charge in [-0.05, 0) is 34.7 Å². The molecule has 2 aromatic carbocycles. The number of amides is 1. The number of hydrogen-bond acceptors (Lipinski definition) is 3. The molecule has 0 unspecified atom stereocenters. The molecule has 0 atom stereocenters. The van der Waals surface area contributed by atoms with E-state index in [0.717, 1.165) is 11.1 Å². The molecular formula is C19H14ClNO2S. The molecule has 3 rings (SSSR count). The zero-order valence-electron chi connectivity index (χ0n) is 12.7. The lowest BCUT2D eigenvalue weighted by atomic mass is 10.1. The van der Waals surface area contributed by atoms with Crippen molar-refractivity contribution < 1.29 is 9.59 Å². The molecule has 1 aromatic heterocycles. The first-order chi connectivity index (χ1) is 11.6. The Balaban J connectivity index is 1.69. The van der Waals surface area contributed by atoms with Crippen LogP contribution in [0.1, 0.15) is 16.1 Å². The van der Waals surface area contributed by atoms with E-state index in [0.29, 0.717) is 15.6 Å². The average molecular weight is 356 g/mol. The number of ketones is 1. The van der Waals surface area contributed by atoms with Gasteiger partial charge < -0.3 is 5.32 Å². The first kappa shape index (κ1) is 16.4. The number of carbonyl (C=O) groups excluding carboxylic acids is 2. The third kappa shape index (κ3) is 3.91. The van der Waals surface area contributed by atoms with E-state index in [4.69, 9.17) is 11.6 Å². The van der Waals surface area contributed by atoms with E-state index in [-0.39, 0.29) is 18.1 Å². The van der Waals surface area contributed by atoms with E-state index in [1.165, 1.54) is 11.3 Å². The van der Waals surface area contributed by atoms with Gasteiger partial charge in [0.05, 0.1) is 16.3 Å². The van der Waals surface area contributed by atoms with Crippen molar-refractivity contribution in [3.63, 3.8) is 0 Å². The zero-order chi connectivity index (χ0) is 16.9. The van der Waals surface area contributed by atoms with E-state index < -0.39 is 0 Å². The number of anilines is 1. The fourth-order valence-corrected chi connectivity index (χ4v) is 3.43. The van der Waals surface area contributed by atoms with E-state index in [2.05, 4.69) is 5.32 Å². The highest BCUT2D eigenvalue weighted by atomic mass is 35.5. The van der Waals surface area contributed by atoms with Crippen LogP contribution in [0.3, 0.4) is 0 Å². The SMILES string of the molecule is O=C(CC(=O)c1sccc1Cl)Nc1cccc(-c2ccccc2)c1. The number of nitrogens with one attached hydrogen (secondary N) is 1. The molecule has 1 N–H and O–H groups in total. The molecule has 3 nitrogen and oxygen atoms in total. The standard InChI is InChI=1S/C19H14ClNO2S/c20-16-9-10-24-19(16)17(22)12-18(23)21-15-8-4-7-14(11-15)13-5-2-1-3-6-13/h1-11H,12H2,(H,21,23). The Kier molecular flexibility index (Phi) is 5.08. The van der Waals surface area contributed by atoms with Crippen molar-refractivity contribution >= 4 is 40.3 Å². The van der Waals surface area contributed by atoms with E-state index in [9.17, 15) is 9.59 Å². The van der Waals surface area contributed by atoms with Gasteiger partial charge in [0.1, 0.15) is 0 Å². The number of hydrogen-bond donors (Lipinski definition) is 1. The summed E-state index contributed by atoms with van der Waals surface area (Å²) in [6.07, 6.45) is -0.226. The molecule has 0 saturated carbocycles. The summed E-state index contributed by atoms with van der Waals surface area (Å²) < 4.78 is 0. The van der Waals surface area contributed by atoms with Crippen LogP contribution in [0.25, 0.3) is 11.1 Å². The first-order valence-corrected chi connectivity index (χ1v) is 8.61. The molecule has 0 aliphatic carbocycles. The molecule has 0 fully saturated rings. The second kappa shape index (κ2) is 7.43. The summed E-state index contributed by atoms with van der Waals surface area (Å²) in [5.74, 6) is -0.624. The van der Waals surface area contributed by atoms with Crippen LogP contribution in [0.4, 0.5) is 5.69 Å². The normalized spacial score (nSPS) is 10.4. The van der Waals surface area contributed by atoms with Gasteiger partial charge in [0.2, 0.25) is 5.91 Å². The zero-order valence-corrected chi connectivity index (χ0v) is 14.2. The fraction of sp³-hybridized carbons (Fsp3) is 0.0526. The van der Waals surface area contributed by atoms with E-state index in [1.807, 2.05) is 48.5 Å². The van der Waals surface area contributed by atoms with Crippen LogP contribution >= 0.6 is 22.9 Å². The van der Waals surface area contributed by atoms with E-state index >= 15 is 0 Å². The molecule has 1 amide bonds. The third-order valence-corrected chi connectivity index (χ3v) is 4.83. The Labute approximate surface area is 148 Å². The third-order valence-electron chi connectivity index (χ3n) is 3.44. The van der Waals surface area contributed by atoms with Gasteiger partial charge in [-0.3, -0.25) is 9.59 Å². The second-order valence-corrected chi connectivity index (χ2v) is 6.52. The van der Waals surface area contributed by atoms with Gasteiger partial charge in [-0.1, -0.05) is 54.1 Å². The Hall–Kier alpha value is -2.43. The second-order valence-electron chi connectivity index (χ2n) is 5.19. The van der Waals surface area contributed by atoms with Gasteiger partial charge in [0.25, 0.3) is 0 Å². The molecule has 120 valence electrons. The Bertz CT molecular complexity index is 874. The fourth-order valence-electron chi connectivity index (χ4n) is 2.33. The molecular weight excluding hydrogens is 342 g/mol. The number of Topliss-reactive ketones (excluding diaryl/α,β-unsaturated/α-hetero) is 1. The van der Waals surface area contributed by atoms with Gasteiger partial charge in [-0.15, -0.1) is 11.3 Å². The number of halogens is 1. The lowest BCUT2D eigenvalue weighted by Gasteiger charge is -2.07. The van der Waals surface area contributed by atoms with Crippen molar-refractivity contribution in [3.05, 3.63) is 75.9 Å². The van der Waals surface area contributed by atoms with Crippen molar-refractivity contribution in [2.45, 2.75) is 6.42 Å². The van der Waals surface area contributed by atoms with Crippen molar-refractivity contribution in [3.8, 4) is 11.1 Å². The molecule has 0 spiro atoms. The van der Waals surface area contributed by atoms with Crippen molar-refractivity contribution in [2.24, 2.45) is 0 Å². The molecule has 0 aliphatic rings. The number of thiophene rings is 1. The largest absolute Gasteiger partial charge is 0.326 e. The van der Waals surface area contributed by atoms with Crippen LogP contribution in [0, 0.1) is 0 Å². The monoisotopic (exact) mass is 355 g/mol. The predicted molar refractivity (Wildman–Crippen MR) is 98.8 cm³/mol. The highest BCUT2D eigenvalue weighted by Crippen LogP contribution is 2.24. The first-order valence-electron chi connectivity index (χ1n) is 7.35. The molecule has 1 heterocycles. The molecule has 5 heteroatoms. The molecule has 0 bridgehead atoms. The van der Waals surface area contributed by atoms with Gasteiger partial charge in [-0.2, -0.15) is 0 Å². The van der Waals surface area contributed by atoms with Gasteiger partial charge in [-0.25, -0.2) is 0 Å². The minimum Gasteiger partial charge on any atom is -0.326 e. The summed E-state index contributed by atoms with van der Waals surface area (Å²) in [5.41, 5.74) is 2.72. The lowest BCUT2D eigenvalue weighted by Crippen LogP contribution is -2.16. The van der Waals surface area contributed by atoms with Crippen LogP contribution in [0.15, 0.2) is 66.0 Å². The molecule has 24 heavy (non-hydrogen) atoms. The smallest absolute Gasteiger partial charge is 0.232 e. The maximum atomic E-state index is 12.1. The van der Waals surface area contributed by atoms with Gasteiger partial charge >= 0.3 is 0 Å². The predicted octanol–water partition coefficient (Wildman–Crippen LogP) is 5.28. The maximum absolute atomic E-state index is 12.1.